The van der Waals surface area contributed by atoms with Crippen LogP contribution in [0.4, 0.5) is 18.9 Å². The Balaban J connectivity index is 1.50. The number of carbonyl (C=O) groups excluding carboxylic acids is 1. The van der Waals surface area contributed by atoms with Crippen molar-refractivity contribution < 1.29 is 27.4 Å². The van der Waals surface area contributed by atoms with Crippen LogP contribution in [0.25, 0.3) is 0 Å². The highest BCUT2D eigenvalue weighted by Gasteiger charge is 2.30. The molecule has 138 valence electrons. The molecule has 2 aromatic carbocycles. The molecule has 5 nitrogen and oxygen atoms in total. The minimum Gasteiger partial charge on any atom is -0.486 e. The summed E-state index contributed by atoms with van der Waals surface area (Å²) in [7, 11) is 0. The normalized spacial score (nSPS) is 13.2. The van der Waals surface area contributed by atoms with Crippen molar-refractivity contribution in [3.8, 4) is 11.5 Å². The van der Waals surface area contributed by atoms with Crippen LogP contribution in [-0.4, -0.2) is 24.9 Å². The average Bonchev–Trinajstić information content (AvgIpc) is 2.64. The van der Waals surface area contributed by atoms with Crippen molar-refractivity contribution in [2.75, 3.05) is 24.4 Å². The van der Waals surface area contributed by atoms with Gasteiger partial charge in [0.25, 0.3) is 0 Å². The van der Waals surface area contributed by atoms with Gasteiger partial charge < -0.3 is 9.47 Å². The summed E-state index contributed by atoms with van der Waals surface area (Å²) in [6.45, 7) is 0.978. The first-order valence-corrected chi connectivity index (χ1v) is 8.65. The zero-order chi connectivity index (χ0) is 18.6. The first-order chi connectivity index (χ1) is 12.4. The van der Waals surface area contributed by atoms with Gasteiger partial charge in [0.05, 0.1) is 17.0 Å². The van der Waals surface area contributed by atoms with Crippen molar-refractivity contribution >= 4 is 23.4 Å². The highest BCUT2D eigenvalue weighted by Crippen LogP contribution is 2.34. The van der Waals surface area contributed by atoms with E-state index in [0.717, 1.165) is 17.0 Å². The number of carbonyl (C=O) groups is 1. The van der Waals surface area contributed by atoms with Crippen molar-refractivity contribution in [3.63, 3.8) is 0 Å². The molecule has 9 heteroatoms. The fourth-order valence-corrected chi connectivity index (χ4v) is 2.94. The molecule has 1 amide bonds. The Morgan fingerprint density at radius 1 is 1.08 bits per heavy atom. The van der Waals surface area contributed by atoms with Gasteiger partial charge in [0.15, 0.2) is 11.5 Å². The van der Waals surface area contributed by atoms with Crippen LogP contribution in [0.3, 0.4) is 0 Å². The van der Waals surface area contributed by atoms with E-state index in [1.165, 1.54) is 23.9 Å². The second-order valence-electron chi connectivity index (χ2n) is 5.35. The Labute approximate surface area is 151 Å². The zero-order valence-electron chi connectivity index (χ0n) is 13.4. The Kier molecular flexibility index (Phi) is 5.46. The molecule has 0 saturated heterocycles. The molecule has 0 fully saturated rings. The van der Waals surface area contributed by atoms with Gasteiger partial charge in [-0.3, -0.25) is 15.6 Å². The third kappa shape index (κ3) is 4.75. The summed E-state index contributed by atoms with van der Waals surface area (Å²) < 4.78 is 48.9. The summed E-state index contributed by atoms with van der Waals surface area (Å²) in [6, 6.07) is 9.96. The Hall–Kier alpha value is -2.55. The van der Waals surface area contributed by atoms with Crippen molar-refractivity contribution in [1.29, 1.82) is 0 Å². The molecular formula is C17H15F3N2O3S. The molecule has 0 atom stereocenters. The Morgan fingerprint density at radius 2 is 1.85 bits per heavy atom. The highest BCUT2D eigenvalue weighted by atomic mass is 32.2. The second kappa shape index (κ2) is 7.77. The van der Waals surface area contributed by atoms with Gasteiger partial charge in [-0.2, -0.15) is 13.2 Å². The second-order valence-corrected chi connectivity index (χ2v) is 6.39. The number of amides is 1. The van der Waals surface area contributed by atoms with Gasteiger partial charge in [-0.15, -0.1) is 11.8 Å². The van der Waals surface area contributed by atoms with Crippen LogP contribution in [0.1, 0.15) is 5.56 Å². The molecule has 0 aliphatic carbocycles. The maximum absolute atomic E-state index is 12.7. The number of benzene rings is 2. The standard InChI is InChI=1S/C17H15F3N2O3S/c18-17(19,20)11-2-1-3-12(8-11)21-22-16(23)10-26-13-4-5-14-15(9-13)25-7-6-24-14/h1-5,8-9,21H,6-7,10H2,(H,22,23). The smallest absolute Gasteiger partial charge is 0.416 e. The van der Waals surface area contributed by atoms with E-state index in [0.29, 0.717) is 24.7 Å². The number of rotatable bonds is 5. The van der Waals surface area contributed by atoms with Crippen LogP contribution in [0.2, 0.25) is 0 Å². The number of thioether (sulfide) groups is 1. The van der Waals surface area contributed by atoms with E-state index in [-0.39, 0.29) is 17.3 Å². The van der Waals surface area contributed by atoms with Crippen molar-refractivity contribution in [1.82, 2.24) is 5.43 Å². The van der Waals surface area contributed by atoms with E-state index in [2.05, 4.69) is 10.9 Å². The number of nitrogens with one attached hydrogen (secondary N) is 2. The number of hydrogen-bond donors (Lipinski definition) is 2. The number of hydrogen-bond acceptors (Lipinski definition) is 5. The van der Waals surface area contributed by atoms with Crippen LogP contribution in [0, 0.1) is 0 Å². The van der Waals surface area contributed by atoms with Crippen molar-refractivity contribution in [2.24, 2.45) is 0 Å². The fourth-order valence-electron chi connectivity index (χ4n) is 2.21. The van der Waals surface area contributed by atoms with Crippen molar-refractivity contribution in [3.05, 3.63) is 48.0 Å². The average molecular weight is 384 g/mol. The molecule has 0 aromatic heterocycles. The first-order valence-electron chi connectivity index (χ1n) is 7.66. The number of halogens is 3. The summed E-state index contributed by atoms with van der Waals surface area (Å²) in [6.07, 6.45) is -4.43. The monoisotopic (exact) mass is 384 g/mol. The molecule has 0 radical (unpaired) electrons. The van der Waals surface area contributed by atoms with E-state index in [1.54, 1.807) is 12.1 Å². The molecule has 26 heavy (non-hydrogen) atoms. The maximum Gasteiger partial charge on any atom is 0.416 e. The minimum atomic E-state index is -4.43. The lowest BCUT2D eigenvalue weighted by molar-refractivity contribution is -0.137. The van der Waals surface area contributed by atoms with Gasteiger partial charge >= 0.3 is 6.18 Å². The lowest BCUT2D eigenvalue weighted by atomic mass is 10.2. The molecule has 2 aromatic rings. The van der Waals surface area contributed by atoms with Gasteiger partial charge in [0.1, 0.15) is 13.2 Å². The van der Waals surface area contributed by atoms with Gasteiger partial charge in [0, 0.05) is 4.90 Å². The van der Waals surface area contributed by atoms with Gasteiger partial charge in [-0.1, -0.05) is 6.07 Å². The molecule has 0 spiro atoms. The van der Waals surface area contributed by atoms with Gasteiger partial charge in [-0.05, 0) is 36.4 Å². The number of alkyl halides is 3. The van der Waals surface area contributed by atoms with Crippen LogP contribution < -0.4 is 20.3 Å². The van der Waals surface area contributed by atoms with Crippen LogP contribution in [0.5, 0.6) is 11.5 Å². The number of anilines is 1. The SMILES string of the molecule is O=C(CSc1ccc2c(c1)OCCO2)NNc1cccc(C(F)(F)F)c1. The van der Waals surface area contributed by atoms with Crippen LogP contribution in [0.15, 0.2) is 47.4 Å². The third-order valence-electron chi connectivity index (χ3n) is 3.42. The topological polar surface area (TPSA) is 59.6 Å². The maximum atomic E-state index is 12.7. The molecule has 1 aliphatic rings. The number of hydrazine groups is 1. The van der Waals surface area contributed by atoms with Crippen LogP contribution >= 0.6 is 11.8 Å². The van der Waals surface area contributed by atoms with Crippen molar-refractivity contribution in [2.45, 2.75) is 11.1 Å². The number of ether oxygens (including phenoxy) is 2. The molecule has 3 rings (SSSR count). The van der Waals surface area contributed by atoms with Crippen LogP contribution in [-0.2, 0) is 11.0 Å². The Bertz CT molecular complexity index is 799. The minimum absolute atomic E-state index is 0.0889. The lowest BCUT2D eigenvalue weighted by Crippen LogP contribution is -2.30. The number of fused-ring (bicyclic) bond motifs is 1. The predicted octanol–water partition coefficient (Wildman–Crippen LogP) is 3.71. The first kappa shape index (κ1) is 18.2. The summed E-state index contributed by atoms with van der Waals surface area (Å²) in [4.78, 5) is 12.7. The summed E-state index contributed by atoms with van der Waals surface area (Å²) in [5.41, 5.74) is 4.22. The zero-order valence-corrected chi connectivity index (χ0v) is 14.2. The molecule has 1 heterocycles. The summed E-state index contributed by atoms with van der Waals surface area (Å²) in [5.74, 6) is 1.01. The van der Waals surface area contributed by atoms with E-state index in [1.807, 2.05) is 6.07 Å². The predicted molar refractivity (Wildman–Crippen MR) is 91.4 cm³/mol. The van der Waals surface area contributed by atoms with E-state index < -0.39 is 11.7 Å². The summed E-state index contributed by atoms with van der Waals surface area (Å²) >= 11 is 1.28. The van der Waals surface area contributed by atoms with E-state index in [4.69, 9.17) is 9.47 Å². The van der Waals surface area contributed by atoms with Gasteiger partial charge in [-0.25, -0.2) is 0 Å². The quantitative estimate of drug-likeness (QED) is 0.608. The summed E-state index contributed by atoms with van der Waals surface area (Å²) in [5, 5.41) is 0. The molecular weight excluding hydrogens is 369 g/mol. The molecule has 2 N–H and O–H groups in total. The van der Waals surface area contributed by atoms with E-state index in [9.17, 15) is 18.0 Å². The molecule has 0 unspecified atom stereocenters. The molecule has 0 bridgehead atoms. The van der Waals surface area contributed by atoms with Gasteiger partial charge in [0.2, 0.25) is 5.91 Å². The fraction of sp³-hybridized carbons (Fsp3) is 0.235. The Morgan fingerprint density at radius 3 is 2.62 bits per heavy atom. The van der Waals surface area contributed by atoms with E-state index >= 15 is 0 Å². The largest absolute Gasteiger partial charge is 0.486 e. The lowest BCUT2D eigenvalue weighted by Gasteiger charge is -2.18. The highest BCUT2D eigenvalue weighted by molar-refractivity contribution is 8.00. The molecule has 1 aliphatic heterocycles. The third-order valence-corrected chi connectivity index (χ3v) is 4.41. The molecule has 0 saturated carbocycles.